The SMILES string of the molecule is CC(C)(C)c1ccc2c(c1)CC(N)(CN)CC2. The van der Waals surface area contributed by atoms with Crippen molar-refractivity contribution in [1.29, 1.82) is 0 Å². The van der Waals surface area contributed by atoms with Crippen LogP contribution in [-0.2, 0) is 18.3 Å². The lowest BCUT2D eigenvalue weighted by Gasteiger charge is -2.34. The maximum Gasteiger partial charge on any atom is 0.0322 e. The van der Waals surface area contributed by atoms with Crippen LogP contribution in [0.3, 0.4) is 0 Å². The van der Waals surface area contributed by atoms with Gasteiger partial charge in [0.25, 0.3) is 0 Å². The van der Waals surface area contributed by atoms with E-state index in [0.717, 1.165) is 19.3 Å². The van der Waals surface area contributed by atoms with Gasteiger partial charge in [0, 0.05) is 12.1 Å². The van der Waals surface area contributed by atoms with E-state index in [1.165, 1.54) is 16.7 Å². The van der Waals surface area contributed by atoms with E-state index in [9.17, 15) is 0 Å². The summed E-state index contributed by atoms with van der Waals surface area (Å²) in [7, 11) is 0. The van der Waals surface area contributed by atoms with Gasteiger partial charge in [-0.1, -0.05) is 39.0 Å². The van der Waals surface area contributed by atoms with Gasteiger partial charge in [-0.2, -0.15) is 0 Å². The first-order valence-electron chi connectivity index (χ1n) is 6.45. The zero-order chi connectivity index (χ0) is 12.7. The van der Waals surface area contributed by atoms with Crippen molar-refractivity contribution < 1.29 is 0 Å². The van der Waals surface area contributed by atoms with Crippen molar-refractivity contribution in [2.45, 2.75) is 51.0 Å². The summed E-state index contributed by atoms with van der Waals surface area (Å²) in [4.78, 5) is 0. The molecule has 1 aromatic rings. The fraction of sp³-hybridized carbons (Fsp3) is 0.600. The van der Waals surface area contributed by atoms with E-state index in [1.807, 2.05) is 0 Å². The van der Waals surface area contributed by atoms with E-state index in [2.05, 4.69) is 39.0 Å². The van der Waals surface area contributed by atoms with Crippen LogP contribution in [0.15, 0.2) is 18.2 Å². The van der Waals surface area contributed by atoms with E-state index >= 15 is 0 Å². The third-order valence-electron chi connectivity index (χ3n) is 3.91. The van der Waals surface area contributed by atoms with Crippen LogP contribution in [0.1, 0.15) is 43.9 Å². The number of nitrogens with two attached hydrogens (primary N) is 2. The second-order valence-corrected chi connectivity index (χ2v) is 6.48. The highest BCUT2D eigenvalue weighted by atomic mass is 14.8. The molecule has 0 fully saturated rings. The Morgan fingerprint density at radius 2 is 1.94 bits per heavy atom. The van der Waals surface area contributed by atoms with Crippen LogP contribution in [0.4, 0.5) is 0 Å². The maximum absolute atomic E-state index is 6.31. The molecular formula is C15H24N2. The van der Waals surface area contributed by atoms with Crippen molar-refractivity contribution in [2.75, 3.05) is 6.54 Å². The molecular weight excluding hydrogens is 208 g/mol. The molecule has 94 valence electrons. The number of hydrogen-bond acceptors (Lipinski definition) is 2. The Balaban J connectivity index is 2.36. The van der Waals surface area contributed by atoms with Crippen LogP contribution >= 0.6 is 0 Å². The molecule has 1 atom stereocenters. The van der Waals surface area contributed by atoms with Gasteiger partial charge in [0.2, 0.25) is 0 Å². The standard InChI is InChI=1S/C15H24N2/c1-14(2,3)13-5-4-11-6-7-15(17,10-16)9-12(11)8-13/h4-5,8H,6-7,9-10,16-17H2,1-3H3. The van der Waals surface area contributed by atoms with Gasteiger partial charge in [0.1, 0.15) is 0 Å². The zero-order valence-corrected chi connectivity index (χ0v) is 11.2. The summed E-state index contributed by atoms with van der Waals surface area (Å²) in [6.07, 6.45) is 2.99. The predicted octanol–water partition coefficient (Wildman–Crippen LogP) is 2.13. The van der Waals surface area contributed by atoms with Gasteiger partial charge in [0.15, 0.2) is 0 Å². The topological polar surface area (TPSA) is 52.0 Å². The highest BCUT2D eigenvalue weighted by Crippen LogP contribution is 2.31. The van der Waals surface area contributed by atoms with Crippen LogP contribution < -0.4 is 11.5 Å². The molecule has 0 saturated carbocycles. The van der Waals surface area contributed by atoms with Gasteiger partial charge in [-0.05, 0) is 41.4 Å². The van der Waals surface area contributed by atoms with Crippen LogP contribution in [0.2, 0.25) is 0 Å². The second-order valence-electron chi connectivity index (χ2n) is 6.48. The first-order valence-corrected chi connectivity index (χ1v) is 6.45. The monoisotopic (exact) mass is 232 g/mol. The fourth-order valence-electron chi connectivity index (χ4n) is 2.53. The number of benzene rings is 1. The van der Waals surface area contributed by atoms with Crippen molar-refractivity contribution in [3.8, 4) is 0 Å². The molecule has 0 heterocycles. The minimum atomic E-state index is -0.191. The molecule has 2 rings (SSSR count). The lowest BCUT2D eigenvalue weighted by atomic mass is 9.76. The molecule has 1 aromatic carbocycles. The Hall–Kier alpha value is -0.860. The van der Waals surface area contributed by atoms with Crippen LogP contribution in [0, 0.1) is 0 Å². The quantitative estimate of drug-likeness (QED) is 0.779. The average Bonchev–Trinajstić information content (AvgIpc) is 2.27. The van der Waals surface area contributed by atoms with E-state index in [-0.39, 0.29) is 11.0 Å². The molecule has 2 heteroatoms. The number of hydrogen-bond donors (Lipinski definition) is 2. The van der Waals surface area contributed by atoms with E-state index in [1.54, 1.807) is 0 Å². The molecule has 1 unspecified atom stereocenters. The van der Waals surface area contributed by atoms with Crippen molar-refractivity contribution in [2.24, 2.45) is 11.5 Å². The minimum absolute atomic E-state index is 0.191. The van der Waals surface area contributed by atoms with Crippen LogP contribution in [0.5, 0.6) is 0 Å². The number of aryl methyl sites for hydroxylation is 1. The zero-order valence-electron chi connectivity index (χ0n) is 11.2. The van der Waals surface area contributed by atoms with Gasteiger partial charge in [-0.3, -0.25) is 0 Å². The lowest BCUT2D eigenvalue weighted by Crippen LogP contribution is -2.51. The van der Waals surface area contributed by atoms with Crippen LogP contribution in [-0.4, -0.2) is 12.1 Å². The Bertz CT molecular complexity index is 417. The molecule has 0 spiro atoms. The summed E-state index contributed by atoms with van der Waals surface area (Å²) in [5.41, 5.74) is 16.3. The summed E-state index contributed by atoms with van der Waals surface area (Å²) in [5.74, 6) is 0. The summed E-state index contributed by atoms with van der Waals surface area (Å²) < 4.78 is 0. The van der Waals surface area contributed by atoms with E-state index in [4.69, 9.17) is 11.5 Å². The Kier molecular flexibility index (Phi) is 3.04. The van der Waals surface area contributed by atoms with Crippen molar-refractivity contribution in [3.05, 3.63) is 34.9 Å². The van der Waals surface area contributed by atoms with Crippen molar-refractivity contribution >= 4 is 0 Å². The second kappa shape index (κ2) is 4.11. The van der Waals surface area contributed by atoms with Gasteiger partial charge in [0.05, 0.1) is 0 Å². The first-order chi connectivity index (χ1) is 7.84. The maximum atomic E-state index is 6.31. The summed E-state index contributed by atoms with van der Waals surface area (Å²) in [5, 5.41) is 0. The third-order valence-corrected chi connectivity index (χ3v) is 3.91. The summed E-state index contributed by atoms with van der Waals surface area (Å²) in [6.45, 7) is 7.31. The molecule has 2 nitrogen and oxygen atoms in total. The van der Waals surface area contributed by atoms with Gasteiger partial charge >= 0.3 is 0 Å². The molecule has 0 aliphatic heterocycles. The fourth-order valence-corrected chi connectivity index (χ4v) is 2.53. The molecule has 1 aliphatic rings. The normalized spacial score (nSPS) is 24.5. The molecule has 0 aromatic heterocycles. The van der Waals surface area contributed by atoms with E-state index < -0.39 is 0 Å². The first kappa shape index (κ1) is 12.6. The van der Waals surface area contributed by atoms with Crippen molar-refractivity contribution in [3.63, 3.8) is 0 Å². The Morgan fingerprint density at radius 1 is 1.24 bits per heavy atom. The minimum Gasteiger partial charge on any atom is -0.329 e. The number of rotatable bonds is 1. The lowest BCUT2D eigenvalue weighted by molar-refractivity contribution is 0.381. The molecule has 4 N–H and O–H groups in total. The molecule has 17 heavy (non-hydrogen) atoms. The van der Waals surface area contributed by atoms with Gasteiger partial charge < -0.3 is 11.5 Å². The molecule has 0 radical (unpaired) electrons. The third kappa shape index (κ3) is 2.53. The highest BCUT2D eigenvalue weighted by molar-refractivity contribution is 5.38. The summed E-state index contributed by atoms with van der Waals surface area (Å²) >= 11 is 0. The molecule has 1 aliphatic carbocycles. The molecule has 0 amide bonds. The Labute approximate surface area is 104 Å². The van der Waals surface area contributed by atoms with E-state index in [0.29, 0.717) is 6.54 Å². The van der Waals surface area contributed by atoms with Gasteiger partial charge in [-0.15, -0.1) is 0 Å². The molecule has 0 bridgehead atoms. The summed E-state index contributed by atoms with van der Waals surface area (Å²) in [6, 6.07) is 6.85. The highest BCUT2D eigenvalue weighted by Gasteiger charge is 2.29. The Morgan fingerprint density at radius 3 is 2.53 bits per heavy atom. The predicted molar refractivity (Wildman–Crippen MR) is 73.1 cm³/mol. The van der Waals surface area contributed by atoms with Crippen LogP contribution in [0.25, 0.3) is 0 Å². The average molecular weight is 232 g/mol. The smallest absolute Gasteiger partial charge is 0.0322 e. The van der Waals surface area contributed by atoms with Crippen molar-refractivity contribution in [1.82, 2.24) is 0 Å². The molecule has 0 saturated heterocycles. The number of fused-ring (bicyclic) bond motifs is 1. The largest absolute Gasteiger partial charge is 0.329 e. The van der Waals surface area contributed by atoms with Gasteiger partial charge in [-0.25, -0.2) is 0 Å².